The molecular weight excluding hydrogens is 216 g/mol. The second-order valence-corrected chi connectivity index (χ2v) is 4.41. The van der Waals surface area contributed by atoms with Gasteiger partial charge in [0.15, 0.2) is 12.6 Å². The van der Waals surface area contributed by atoms with Gasteiger partial charge in [0.1, 0.15) is 0 Å². The molecule has 100 valence electrons. The molecule has 1 aliphatic heterocycles. The van der Waals surface area contributed by atoms with E-state index in [1.165, 1.54) is 25.7 Å². The van der Waals surface area contributed by atoms with Crippen LogP contribution < -0.4 is 0 Å². The maximum Gasteiger partial charge on any atom is 0.180 e. The van der Waals surface area contributed by atoms with E-state index in [1.54, 1.807) is 0 Å². The maximum atomic E-state index is 5.57. The van der Waals surface area contributed by atoms with Crippen molar-refractivity contribution in [1.29, 1.82) is 0 Å². The van der Waals surface area contributed by atoms with Gasteiger partial charge in [-0.1, -0.05) is 39.5 Å². The lowest BCUT2D eigenvalue weighted by Crippen LogP contribution is -2.18. The van der Waals surface area contributed by atoms with Crippen molar-refractivity contribution in [1.82, 2.24) is 0 Å². The second kappa shape index (κ2) is 9.63. The van der Waals surface area contributed by atoms with E-state index in [-0.39, 0.29) is 12.6 Å². The lowest BCUT2D eigenvalue weighted by Gasteiger charge is -2.15. The summed E-state index contributed by atoms with van der Waals surface area (Å²) in [5.41, 5.74) is 0. The van der Waals surface area contributed by atoms with Gasteiger partial charge >= 0.3 is 0 Å². The van der Waals surface area contributed by atoms with Crippen LogP contribution in [0.1, 0.15) is 52.4 Å². The van der Waals surface area contributed by atoms with Gasteiger partial charge in [-0.05, 0) is 25.0 Å². The monoisotopic (exact) mass is 242 g/mol. The van der Waals surface area contributed by atoms with Gasteiger partial charge in [0.25, 0.3) is 0 Å². The molecule has 0 aromatic heterocycles. The summed E-state index contributed by atoms with van der Waals surface area (Å²) >= 11 is 0. The molecule has 1 aliphatic rings. The highest BCUT2D eigenvalue weighted by atomic mass is 16.8. The lowest BCUT2D eigenvalue weighted by atomic mass is 10.3. The molecule has 3 heteroatoms. The quantitative estimate of drug-likeness (QED) is 0.432. The summed E-state index contributed by atoms with van der Waals surface area (Å²) in [6.45, 7) is 5.91. The Hall–Kier alpha value is -0.380. The summed E-state index contributed by atoms with van der Waals surface area (Å²) in [5.74, 6) is 0. The number of rotatable bonds is 10. The molecule has 3 nitrogen and oxygen atoms in total. The third-order valence-electron chi connectivity index (χ3n) is 2.75. The average Bonchev–Trinajstić information content (AvgIpc) is 2.78. The number of unbranched alkanes of at least 4 members (excludes halogenated alkanes) is 4. The first-order valence-electron chi connectivity index (χ1n) is 6.93. The lowest BCUT2D eigenvalue weighted by molar-refractivity contribution is -0.193. The molecule has 2 atom stereocenters. The predicted octanol–water partition coefficient (Wildman–Crippen LogP) is 3.64. The Balaban J connectivity index is 1.97. The summed E-state index contributed by atoms with van der Waals surface area (Å²) in [7, 11) is 0. The average molecular weight is 242 g/mol. The minimum absolute atomic E-state index is 0.206. The zero-order valence-electron chi connectivity index (χ0n) is 11.2. The third-order valence-corrected chi connectivity index (χ3v) is 2.75. The van der Waals surface area contributed by atoms with Gasteiger partial charge < -0.3 is 14.2 Å². The van der Waals surface area contributed by atoms with Gasteiger partial charge in [-0.3, -0.25) is 0 Å². The summed E-state index contributed by atoms with van der Waals surface area (Å²) in [6.07, 6.45) is 10.5. The van der Waals surface area contributed by atoms with Crippen LogP contribution in [0.5, 0.6) is 0 Å². The van der Waals surface area contributed by atoms with Crippen LogP contribution in [0.15, 0.2) is 12.2 Å². The maximum absolute atomic E-state index is 5.57. The fourth-order valence-corrected chi connectivity index (χ4v) is 1.70. The molecule has 2 unspecified atom stereocenters. The van der Waals surface area contributed by atoms with Gasteiger partial charge in [0.05, 0.1) is 13.2 Å². The Morgan fingerprint density at radius 2 is 1.29 bits per heavy atom. The van der Waals surface area contributed by atoms with Gasteiger partial charge in [-0.25, -0.2) is 0 Å². The van der Waals surface area contributed by atoms with E-state index in [4.69, 9.17) is 14.2 Å². The van der Waals surface area contributed by atoms with Crippen LogP contribution in [0, 0.1) is 0 Å². The smallest absolute Gasteiger partial charge is 0.180 e. The Morgan fingerprint density at radius 1 is 0.824 bits per heavy atom. The van der Waals surface area contributed by atoms with Crippen molar-refractivity contribution in [3.05, 3.63) is 12.2 Å². The Labute approximate surface area is 105 Å². The second-order valence-electron chi connectivity index (χ2n) is 4.41. The molecule has 0 saturated carbocycles. The van der Waals surface area contributed by atoms with Crippen LogP contribution in [0.3, 0.4) is 0 Å². The Kier molecular flexibility index (Phi) is 8.32. The SMILES string of the molecule is CCCCCOC1C=CC(OCCCCC)O1. The molecule has 0 radical (unpaired) electrons. The largest absolute Gasteiger partial charge is 0.349 e. The van der Waals surface area contributed by atoms with Crippen molar-refractivity contribution in [2.45, 2.75) is 65.0 Å². The first kappa shape index (κ1) is 14.7. The topological polar surface area (TPSA) is 27.7 Å². The van der Waals surface area contributed by atoms with Gasteiger partial charge in [-0.15, -0.1) is 0 Å². The van der Waals surface area contributed by atoms with Gasteiger partial charge in [-0.2, -0.15) is 0 Å². The van der Waals surface area contributed by atoms with Crippen molar-refractivity contribution < 1.29 is 14.2 Å². The minimum atomic E-state index is -0.206. The number of ether oxygens (including phenoxy) is 3. The van der Waals surface area contributed by atoms with E-state index >= 15 is 0 Å². The van der Waals surface area contributed by atoms with Crippen LogP contribution in [0.25, 0.3) is 0 Å². The van der Waals surface area contributed by atoms with E-state index in [9.17, 15) is 0 Å². The van der Waals surface area contributed by atoms with E-state index in [0.29, 0.717) is 0 Å². The van der Waals surface area contributed by atoms with Gasteiger partial charge in [0, 0.05) is 0 Å². The summed E-state index contributed by atoms with van der Waals surface area (Å²) < 4.78 is 16.7. The number of hydrogen-bond acceptors (Lipinski definition) is 3. The van der Waals surface area contributed by atoms with Crippen molar-refractivity contribution in [3.63, 3.8) is 0 Å². The van der Waals surface area contributed by atoms with E-state index in [1.807, 2.05) is 12.2 Å². The van der Waals surface area contributed by atoms with Gasteiger partial charge in [0.2, 0.25) is 0 Å². The van der Waals surface area contributed by atoms with Crippen LogP contribution in [0.4, 0.5) is 0 Å². The molecule has 0 amide bonds. The molecule has 1 rings (SSSR count). The first-order valence-corrected chi connectivity index (χ1v) is 6.93. The molecule has 0 aliphatic carbocycles. The van der Waals surface area contributed by atoms with E-state index in [0.717, 1.165) is 26.1 Å². The Morgan fingerprint density at radius 3 is 1.71 bits per heavy atom. The zero-order chi connectivity index (χ0) is 12.3. The van der Waals surface area contributed by atoms with Crippen molar-refractivity contribution in [3.8, 4) is 0 Å². The molecule has 0 aromatic carbocycles. The highest BCUT2D eigenvalue weighted by molar-refractivity contribution is 4.95. The van der Waals surface area contributed by atoms with Crippen LogP contribution in [0.2, 0.25) is 0 Å². The van der Waals surface area contributed by atoms with Crippen molar-refractivity contribution >= 4 is 0 Å². The fourth-order valence-electron chi connectivity index (χ4n) is 1.70. The third kappa shape index (κ3) is 6.81. The molecular formula is C14H26O3. The minimum Gasteiger partial charge on any atom is -0.349 e. The highest BCUT2D eigenvalue weighted by Crippen LogP contribution is 2.14. The molecule has 0 N–H and O–H groups in total. The van der Waals surface area contributed by atoms with Crippen LogP contribution in [-0.4, -0.2) is 25.8 Å². The fraction of sp³-hybridized carbons (Fsp3) is 0.857. The molecule has 0 fully saturated rings. The summed E-state index contributed by atoms with van der Waals surface area (Å²) in [5, 5.41) is 0. The zero-order valence-corrected chi connectivity index (χ0v) is 11.2. The number of hydrogen-bond donors (Lipinski definition) is 0. The summed E-state index contributed by atoms with van der Waals surface area (Å²) in [4.78, 5) is 0. The van der Waals surface area contributed by atoms with Crippen LogP contribution >= 0.6 is 0 Å². The summed E-state index contributed by atoms with van der Waals surface area (Å²) in [6, 6.07) is 0. The van der Waals surface area contributed by atoms with Crippen LogP contribution in [-0.2, 0) is 14.2 Å². The van der Waals surface area contributed by atoms with E-state index in [2.05, 4.69) is 13.8 Å². The first-order chi connectivity index (χ1) is 8.36. The molecule has 17 heavy (non-hydrogen) atoms. The predicted molar refractivity (Wildman–Crippen MR) is 68.8 cm³/mol. The molecule has 0 saturated heterocycles. The molecule has 1 heterocycles. The van der Waals surface area contributed by atoms with Crippen molar-refractivity contribution in [2.24, 2.45) is 0 Å². The molecule has 0 aromatic rings. The normalized spacial score (nSPS) is 23.4. The standard InChI is InChI=1S/C14H26O3/c1-3-5-7-11-15-13-9-10-14(17-13)16-12-8-6-4-2/h9-10,13-14H,3-8,11-12H2,1-2H3. The highest BCUT2D eigenvalue weighted by Gasteiger charge is 2.19. The van der Waals surface area contributed by atoms with E-state index < -0.39 is 0 Å². The molecule has 0 bridgehead atoms. The molecule has 0 spiro atoms. The van der Waals surface area contributed by atoms with Crippen molar-refractivity contribution in [2.75, 3.05) is 13.2 Å². The Bertz CT molecular complexity index is 184.